The summed E-state index contributed by atoms with van der Waals surface area (Å²) in [5.41, 5.74) is -0.921. The number of nitro benzene ring substituents is 1. The Morgan fingerprint density at radius 2 is 2.30 bits per heavy atom. The topological polar surface area (TPSA) is 92.9 Å². The number of rotatable bonds is 3. The molecular formula is C12H13FN2O5. The summed E-state index contributed by atoms with van der Waals surface area (Å²) < 4.78 is 18.8. The van der Waals surface area contributed by atoms with Crippen molar-refractivity contribution < 1.29 is 24.0 Å². The lowest BCUT2D eigenvalue weighted by atomic mass is 10.1. The van der Waals surface area contributed by atoms with Crippen molar-refractivity contribution >= 4 is 17.3 Å². The molecule has 1 aliphatic heterocycles. The number of ether oxygens (including phenoxy) is 1. The van der Waals surface area contributed by atoms with E-state index in [1.165, 1.54) is 0 Å². The highest BCUT2D eigenvalue weighted by Crippen LogP contribution is 2.33. The van der Waals surface area contributed by atoms with E-state index in [1.54, 1.807) is 11.8 Å². The van der Waals surface area contributed by atoms with Crippen molar-refractivity contribution in [3.05, 3.63) is 33.6 Å². The van der Waals surface area contributed by atoms with E-state index in [9.17, 15) is 19.3 Å². The lowest BCUT2D eigenvalue weighted by Gasteiger charge is -2.34. The minimum Gasteiger partial charge on any atom is -0.478 e. The Hall–Kier alpha value is -2.22. The average Bonchev–Trinajstić information content (AvgIpc) is 2.38. The van der Waals surface area contributed by atoms with Gasteiger partial charge in [-0.2, -0.15) is 0 Å². The number of aromatic carboxylic acids is 1. The number of carboxylic acid groups (broad SMARTS) is 1. The summed E-state index contributed by atoms with van der Waals surface area (Å²) in [4.78, 5) is 22.9. The van der Waals surface area contributed by atoms with Crippen LogP contribution in [0.25, 0.3) is 0 Å². The van der Waals surface area contributed by atoms with Gasteiger partial charge in [-0.05, 0) is 13.0 Å². The molecule has 1 aromatic rings. The van der Waals surface area contributed by atoms with Crippen molar-refractivity contribution in [2.24, 2.45) is 0 Å². The van der Waals surface area contributed by atoms with Gasteiger partial charge < -0.3 is 14.7 Å². The van der Waals surface area contributed by atoms with E-state index < -0.39 is 28.0 Å². The van der Waals surface area contributed by atoms with E-state index in [-0.39, 0.29) is 11.7 Å². The molecule has 0 amide bonds. The fraction of sp³-hybridized carbons (Fsp3) is 0.417. The maximum Gasteiger partial charge on any atom is 0.338 e. The molecule has 0 aromatic heterocycles. The molecule has 7 nitrogen and oxygen atoms in total. The number of morpholine rings is 1. The molecular weight excluding hydrogens is 271 g/mol. The first kappa shape index (κ1) is 14.2. The Morgan fingerprint density at radius 1 is 1.60 bits per heavy atom. The molecule has 108 valence electrons. The molecule has 1 N–H and O–H groups in total. The largest absolute Gasteiger partial charge is 0.478 e. The minimum absolute atomic E-state index is 0.101. The molecule has 0 aliphatic carbocycles. The molecule has 1 aliphatic rings. The van der Waals surface area contributed by atoms with Gasteiger partial charge in [0.1, 0.15) is 11.5 Å². The molecule has 1 atom stereocenters. The number of hydrogen-bond donors (Lipinski definition) is 1. The second kappa shape index (κ2) is 5.41. The molecule has 1 fully saturated rings. The fourth-order valence-electron chi connectivity index (χ4n) is 2.18. The van der Waals surface area contributed by atoms with Gasteiger partial charge in [0.2, 0.25) is 0 Å². The summed E-state index contributed by atoms with van der Waals surface area (Å²) in [6.45, 7) is 2.93. The maximum absolute atomic E-state index is 13.6. The molecule has 0 bridgehead atoms. The van der Waals surface area contributed by atoms with Crippen LogP contribution in [0.3, 0.4) is 0 Å². The van der Waals surface area contributed by atoms with Crippen molar-refractivity contribution in [1.82, 2.24) is 0 Å². The third-order valence-electron chi connectivity index (χ3n) is 3.17. The van der Waals surface area contributed by atoms with Crippen LogP contribution in [0.15, 0.2) is 12.1 Å². The van der Waals surface area contributed by atoms with Gasteiger partial charge in [-0.3, -0.25) is 10.1 Å². The molecule has 0 radical (unpaired) electrons. The summed E-state index contributed by atoms with van der Waals surface area (Å²) in [5, 5.41) is 20.0. The normalized spacial score (nSPS) is 18.9. The monoisotopic (exact) mass is 284 g/mol. The first-order chi connectivity index (χ1) is 9.41. The molecule has 0 saturated carbocycles. The quantitative estimate of drug-likeness (QED) is 0.670. The Morgan fingerprint density at radius 3 is 2.85 bits per heavy atom. The summed E-state index contributed by atoms with van der Waals surface area (Å²) in [5.74, 6) is -2.58. The Labute approximate surface area is 113 Å². The molecule has 0 spiro atoms. The predicted molar refractivity (Wildman–Crippen MR) is 67.6 cm³/mol. The van der Waals surface area contributed by atoms with E-state index >= 15 is 0 Å². The Balaban J connectivity index is 2.56. The van der Waals surface area contributed by atoms with Gasteiger partial charge in [-0.25, -0.2) is 9.18 Å². The summed E-state index contributed by atoms with van der Waals surface area (Å²) in [6, 6.07) is 1.51. The van der Waals surface area contributed by atoms with E-state index in [4.69, 9.17) is 9.84 Å². The SMILES string of the molecule is CC1COCCN1c1cc(C(=O)O)c(F)cc1[N+](=O)[O-]. The number of carbonyl (C=O) groups is 1. The summed E-state index contributed by atoms with van der Waals surface area (Å²) in [7, 11) is 0. The highest BCUT2D eigenvalue weighted by molar-refractivity contribution is 5.90. The zero-order chi connectivity index (χ0) is 14.9. The van der Waals surface area contributed by atoms with Crippen molar-refractivity contribution in [2.45, 2.75) is 13.0 Å². The van der Waals surface area contributed by atoms with Crippen LogP contribution in [-0.2, 0) is 4.74 Å². The Bertz CT molecular complexity index is 563. The number of hydrogen-bond acceptors (Lipinski definition) is 5. The molecule has 8 heteroatoms. The van der Waals surface area contributed by atoms with E-state index in [1.807, 2.05) is 0 Å². The van der Waals surface area contributed by atoms with Crippen LogP contribution in [0, 0.1) is 15.9 Å². The fourth-order valence-corrected chi connectivity index (χ4v) is 2.18. The molecule has 20 heavy (non-hydrogen) atoms. The molecule has 1 heterocycles. The minimum atomic E-state index is -1.46. The predicted octanol–water partition coefficient (Wildman–Crippen LogP) is 1.66. The zero-order valence-corrected chi connectivity index (χ0v) is 10.7. The average molecular weight is 284 g/mol. The van der Waals surface area contributed by atoms with Crippen LogP contribution in [0.1, 0.15) is 17.3 Å². The van der Waals surface area contributed by atoms with Crippen molar-refractivity contribution in [3.63, 3.8) is 0 Å². The number of anilines is 1. The third kappa shape index (κ3) is 2.55. The van der Waals surface area contributed by atoms with Crippen LogP contribution in [-0.4, -0.2) is 41.8 Å². The van der Waals surface area contributed by atoms with Gasteiger partial charge in [0.15, 0.2) is 0 Å². The lowest BCUT2D eigenvalue weighted by molar-refractivity contribution is -0.384. The summed E-state index contributed by atoms with van der Waals surface area (Å²) in [6.07, 6.45) is 0. The number of carboxylic acids is 1. The number of nitro groups is 1. The van der Waals surface area contributed by atoms with Crippen LogP contribution in [0.2, 0.25) is 0 Å². The molecule has 1 saturated heterocycles. The van der Waals surface area contributed by atoms with Crippen LogP contribution in [0.4, 0.5) is 15.8 Å². The van der Waals surface area contributed by atoms with Crippen molar-refractivity contribution in [1.29, 1.82) is 0 Å². The van der Waals surface area contributed by atoms with E-state index in [2.05, 4.69) is 0 Å². The summed E-state index contributed by atoms with van der Waals surface area (Å²) >= 11 is 0. The van der Waals surface area contributed by atoms with Gasteiger partial charge in [0, 0.05) is 12.6 Å². The van der Waals surface area contributed by atoms with Crippen molar-refractivity contribution in [3.8, 4) is 0 Å². The molecule has 2 rings (SSSR count). The third-order valence-corrected chi connectivity index (χ3v) is 3.17. The van der Waals surface area contributed by atoms with Gasteiger partial charge in [0.25, 0.3) is 5.69 Å². The number of nitrogens with zero attached hydrogens (tertiary/aromatic N) is 2. The van der Waals surface area contributed by atoms with Crippen molar-refractivity contribution in [2.75, 3.05) is 24.7 Å². The second-order valence-electron chi connectivity index (χ2n) is 4.50. The highest BCUT2D eigenvalue weighted by atomic mass is 19.1. The first-order valence-electron chi connectivity index (χ1n) is 5.97. The van der Waals surface area contributed by atoms with Gasteiger partial charge in [-0.1, -0.05) is 0 Å². The second-order valence-corrected chi connectivity index (χ2v) is 4.50. The van der Waals surface area contributed by atoms with Crippen LogP contribution in [0.5, 0.6) is 0 Å². The zero-order valence-electron chi connectivity index (χ0n) is 10.7. The lowest BCUT2D eigenvalue weighted by Crippen LogP contribution is -2.44. The molecule has 1 aromatic carbocycles. The van der Waals surface area contributed by atoms with E-state index in [0.717, 1.165) is 6.07 Å². The van der Waals surface area contributed by atoms with Gasteiger partial charge in [-0.15, -0.1) is 0 Å². The van der Waals surface area contributed by atoms with Gasteiger partial charge >= 0.3 is 5.97 Å². The molecule has 1 unspecified atom stereocenters. The van der Waals surface area contributed by atoms with Gasteiger partial charge in [0.05, 0.1) is 29.8 Å². The standard InChI is InChI=1S/C12H13FN2O5/c1-7-6-20-3-2-14(7)10-4-8(12(16)17)9(13)5-11(10)15(18)19/h4-5,7H,2-3,6H2,1H3,(H,16,17). The van der Waals surface area contributed by atoms with E-state index in [0.29, 0.717) is 25.8 Å². The number of halogens is 1. The maximum atomic E-state index is 13.6. The highest BCUT2D eigenvalue weighted by Gasteiger charge is 2.29. The number of benzene rings is 1. The Kier molecular flexibility index (Phi) is 3.84. The smallest absolute Gasteiger partial charge is 0.338 e. The first-order valence-corrected chi connectivity index (χ1v) is 5.97. The van der Waals surface area contributed by atoms with Crippen LogP contribution >= 0.6 is 0 Å². The van der Waals surface area contributed by atoms with Crippen LogP contribution < -0.4 is 4.90 Å².